The van der Waals surface area contributed by atoms with E-state index in [9.17, 15) is 5.26 Å². The zero-order valence-corrected chi connectivity index (χ0v) is 19.2. The Morgan fingerprint density at radius 3 is 2.42 bits per heavy atom. The molecule has 1 aliphatic heterocycles. The topological polar surface area (TPSA) is 89.3 Å². The smallest absolute Gasteiger partial charge is 0.229 e. The minimum absolute atomic E-state index is 0.0276. The Labute approximate surface area is 194 Å². The van der Waals surface area contributed by atoms with Gasteiger partial charge in [0.05, 0.1) is 18.0 Å². The van der Waals surface area contributed by atoms with Crippen LogP contribution in [0.15, 0.2) is 54.7 Å². The number of nitrogens with one attached hydrogen (secondary N) is 2. The lowest BCUT2D eigenvalue weighted by molar-refractivity contribution is 0.244. The predicted octanol–water partition coefficient (Wildman–Crippen LogP) is 4.37. The van der Waals surface area contributed by atoms with Crippen molar-refractivity contribution in [2.45, 2.75) is 20.0 Å². The number of para-hydroxylation sites is 2. The van der Waals surface area contributed by atoms with Crippen LogP contribution in [-0.2, 0) is 0 Å². The fourth-order valence-corrected chi connectivity index (χ4v) is 3.62. The van der Waals surface area contributed by atoms with E-state index in [0.717, 1.165) is 37.6 Å². The Hall–Kier alpha value is -3.83. The van der Waals surface area contributed by atoms with E-state index in [4.69, 9.17) is 4.74 Å². The molecule has 4 rings (SSSR count). The van der Waals surface area contributed by atoms with Gasteiger partial charge in [0, 0.05) is 37.6 Å². The zero-order valence-electron chi connectivity index (χ0n) is 19.2. The third-order valence-corrected chi connectivity index (χ3v) is 5.40. The van der Waals surface area contributed by atoms with E-state index in [-0.39, 0.29) is 6.10 Å². The molecule has 1 aromatic heterocycles. The molecule has 1 fully saturated rings. The van der Waals surface area contributed by atoms with Crippen molar-refractivity contribution in [2.24, 2.45) is 0 Å². The van der Waals surface area contributed by atoms with Crippen molar-refractivity contribution in [1.82, 2.24) is 14.9 Å². The summed E-state index contributed by atoms with van der Waals surface area (Å²) in [6.45, 7) is 8.14. The van der Waals surface area contributed by atoms with Crippen LogP contribution in [0.25, 0.3) is 0 Å². The molecule has 0 amide bonds. The quantitative estimate of drug-likeness (QED) is 0.556. The van der Waals surface area contributed by atoms with Gasteiger partial charge in [-0.1, -0.05) is 12.1 Å². The van der Waals surface area contributed by atoms with Gasteiger partial charge >= 0.3 is 0 Å². The van der Waals surface area contributed by atoms with Crippen molar-refractivity contribution < 1.29 is 4.74 Å². The SMILES string of the molecule is CC(C)Oc1ccccc1Nc1nc(Nc2ccc(N3CCN(C)CC3)cc2)ncc1C#N. The van der Waals surface area contributed by atoms with Crippen LogP contribution in [0, 0.1) is 11.3 Å². The number of nitrogens with zero attached hydrogens (tertiary/aromatic N) is 5. The number of aromatic nitrogens is 2. The highest BCUT2D eigenvalue weighted by atomic mass is 16.5. The summed E-state index contributed by atoms with van der Waals surface area (Å²) in [5, 5.41) is 16.0. The number of piperazine rings is 1. The number of rotatable bonds is 7. The van der Waals surface area contributed by atoms with Gasteiger partial charge in [0.15, 0.2) is 5.82 Å². The molecular formula is C25H29N7O. The molecular weight excluding hydrogens is 414 g/mol. The maximum Gasteiger partial charge on any atom is 0.229 e. The highest BCUT2D eigenvalue weighted by Crippen LogP contribution is 2.29. The Balaban J connectivity index is 1.50. The highest BCUT2D eigenvalue weighted by molar-refractivity contribution is 5.69. The molecule has 2 N–H and O–H groups in total. The lowest BCUT2D eigenvalue weighted by atomic mass is 10.2. The number of likely N-dealkylation sites (N-methyl/N-ethyl adjacent to an activating group) is 1. The number of nitriles is 1. The molecule has 170 valence electrons. The Morgan fingerprint density at radius 1 is 1.00 bits per heavy atom. The van der Waals surface area contributed by atoms with Gasteiger partial charge in [0.25, 0.3) is 0 Å². The molecule has 0 bridgehead atoms. The summed E-state index contributed by atoms with van der Waals surface area (Å²) in [6, 6.07) is 18.0. The van der Waals surface area contributed by atoms with Crippen molar-refractivity contribution >= 4 is 28.8 Å². The summed E-state index contributed by atoms with van der Waals surface area (Å²) in [7, 11) is 2.15. The van der Waals surface area contributed by atoms with Crippen LogP contribution in [0.5, 0.6) is 5.75 Å². The van der Waals surface area contributed by atoms with Gasteiger partial charge in [-0.3, -0.25) is 0 Å². The van der Waals surface area contributed by atoms with Crippen LogP contribution < -0.4 is 20.3 Å². The van der Waals surface area contributed by atoms with E-state index in [0.29, 0.717) is 23.1 Å². The van der Waals surface area contributed by atoms with E-state index in [2.05, 4.69) is 55.7 Å². The first-order valence-corrected chi connectivity index (χ1v) is 11.1. The van der Waals surface area contributed by atoms with E-state index in [1.54, 1.807) is 0 Å². The molecule has 0 spiro atoms. The fourth-order valence-electron chi connectivity index (χ4n) is 3.62. The normalized spacial score (nSPS) is 14.1. The Morgan fingerprint density at radius 2 is 1.73 bits per heavy atom. The van der Waals surface area contributed by atoms with E-state index in [1.807, 2.05) is 50.2 Å². The van der Waals surface area contributed by atoms with Crippen molar-refractivity contribution in [2.75, 3.05) is 48.8 Å². The zero-order chi connectivity index (χ0) is 23.2. The molecule has 8 nitrogen and oxygen atoms in total. The van der Waals surface area contributed by atoms with Crippen molar-refractivity contribution in [1.29, 1.82) is 5.26 Å². The van der Waals surface area contributed by atoms with Crippen LogP contribution in [0.1, 0.15) is 19.4 Å². The molecule has 2 heterocycles. The molecule has 0 atom stereocenters. The largest absolute Gasteiger partial charge is 0.489 e. The third kappa shape index (κ3) is 5.70. The van der Waals surface area contributed by atoms with E-state index < -0.39 is 0 Å². The summed E-state index contributed by atoms with van der Waals surface area (Å²) >= 11 is 0. The first-order chi connectivity index (χ1) is 16.0. The average Bonchev–Trinajstić information content (AvgIpc) is 2.81. The standard InChI is InChI=1S/C25H29N7O/c1-18(2)33-23-7-5-4-6-22(23)29-24-19(16-26)17-27-25(30-24)28-20-8-10-21(11-9-20)32-14-12-31(3)13-15-32/h4-11,17-18H,12-15H2,1-3H3,(H2,27,28,29,30). The number of hydrogen-bond acceptors (Lipinski definition) is 8. The van der Waals surface area contributed by atoms with Crippen LogP contribution in [0.4, 0.5) is 28.8 Å². The summed E-state index contributed by atoms with van der Waals surface area (Å²) in [5.41, 5.74) is 3.18. The summed E-state index contributed by atoms with van der Waals surface area (Å²) in [6.07, 6.45) is 1.54. The van der Waals surface area contributed by atoms with Crippen molar-refractivity contribution in [3.8, 4) is 11.8 Å². The maximum absolute atomic E-state index is 9.53. The van der Waals surface area contributed by atoms with Gasteiger partial charge in [-0.2, -0.15) is 10.2 Å². The minimum atomic E-state index is 0.0276. The maximum atomic E-state index is 9.53. The van der Waals surface area contributed by atoms with Crippen LogP contribution in [0.2, 0.25) is 0 Å². The lowest BCUT2D eigenvalue weighted by Crippen LogP contribution is -2.44. The molecule has 1 saturated heterocycles. The van der Waals surface area contributed by atoms with Gasteiger partial charge in [-0.15, -0.1) is 0 Å². The molecule has 1 aliphatic rings. The summed E-state index contributed by atoms with van der Waals surface area (Å²) < 4.78 is 5.87. The molecule has 3 aromatic rings. The molecule has 2 aromatic carbocycles. The van der Waals surface area contributed by atoms with Crippen LogP contribution in [0.3, 0.4) is 0 Å². The monoisotopic (exact) mass is 443 g/mol. The second kappa shape index (κ2) is 10.2. The molecule has 8 heteroatoms. The number of benzene rings is 2. The first-order valence-electron chi connectivity index (χ1n) is 11.1. The highest BCUT2D eigenvalue weighted by Gasteiger charge is 2.15. The van der Waals surface area contributed by atoms with Gasteiger partial charge < -0.3 is 25.2 Å². The van der Waals surface area contributed by atoms with Crippen molar-refractivity contribution in [3.05, 3.63) is 60.3 Å². The van der Waals surface area contributed by atoms with Crippen LogP contribution >= 0.6 is 0 Å². The Kier molecular flexibility index (Phi) is 6.91. The lowest BCUT2D eigenvalue weighted by Gasteiger charge is -2.34. The van der Waals surface area contributed by atoms with E-state index >= 15 is 0 Å². The molecule has 0 unspecified atom stereocenters. The van der Waals surface area contributed by atoms with E-state index in [1.165, 1.54) is 11.9 Å². The minimum Gasteiger partial charge on any atom is -0.489 e. The summed E-state index contributed by atoms with van der Waals surface area (Å²) in [5.74, 6) is 1.53. The molecule has 0 radical (unpaired) electrons. The number of anilines is 5. The predicted molar refractivity (Wildman–Crippen MR) is 132 cm³/mol. The average molecular weight is 444 g/mol. The molecule has 0 saturated carbocycles. The second-order valence-electron chi connectivity index (χ2n) is 8.32. The first kappa shape index (κ1) is 22.4. The van der Waals surface area contributed by atoms with Gasteiger partial charge in [-0.05, 0) is 57.3 Å². The summed E-state index contributed by atoms with van der Waals surface area (Å²) in [4.78, 5) is 13.6. The third-order valence-electron chi connectivity index (χ3n) is 5.40. The number of ether oxygens (including phenoxy) is 1. The second-order valence-corrected chi connectivity index (χ2v) is 8.32. The van der Waals surface area contributed by atoms with Gasteiger partial charge in [0.1, 0.15) is 17.4 Å². The van der Waals surface area contributed by atoms with Crippen molar-refractivity contribution in [3.63, 3.8) is 0 Å². The number of hydrogen-bond donors (Lipinski definition) is 2. The molecule has 33 heavy (non-hydrogen) atoms. The molecule has 0 aliphatic carbocycles. The van der Waals surface area contributed by atoms with Gasteiger partial charge in [-0.25, -0.2) is 4.98 Å². The Bertz CT molecular complexity index is 1120. The fraction of sp³-hybridized carbons (Fsp3) is 0.320. The van der Waals surface area contributed by atoms with Crippen LogP contribution in [-0.4, -0.2) is 54.2 Å². The van der Waals surface area contributed by atoms with Gasteiger partial charge in [0.2, 0.25) is 5.95 Å².